The van der Waals surface area contributed by atoms with Crippen LogP contribution in [0.5, 0.6) is 0 Å². The van der Waals surface area contributed by atoms with Gasteiger partial charge in [-0.2, -0.15) is 0 Å². The van der Waals surface area contributed by atoms with Gasteiger partial charge in [-0.15, -0.1) is 0 Å². The number of carbonyl (C=O) groups is 6. The number of Topliss-reactive ketones (excluding diaryl/α,β-unsaturated/α-hetero) is 2. The van der Waals surface area contributed by atoms with Crippen molar-refractivity contribution in [3.63, 3.8) is 0 Å². The minimum Gasteiger partial charge on any atom is -0.377 e. The summed E-state index contributed by atoms with van der Waals surface area (Å²) in [6, 6.07) is 2.69. The molecule has 0 bridgehead atoms. The minimum absolute atomic E-state index is 0.0603. The van der Waals surface area contributed by atoms with E-state index < -0.39 is 59.1 Å². The van der Waals surface area contributed by atoms with Gasteiger partial charge in [0.15, 0.2) is 5.78 Å². The van der Waals surface area contributed by atoms with Crippen LogP contribution in [0.3, 0.4) is 0 Å². The summed E-state index contributed by atoms with van der Waals surface area (Å²) in [6.45, 7) is 13.6. The number of rotatable bonds is 13. The van der Waals surface area contributed by atoms with E-state index in [1.807, 2.05) is 79.6 Å². The van der Waals surface area contributed by atoms with E-state index in [4.69, 9.17) is 5.73 Å². The van der Waals surface area contributed by atoms with E-state index in [2.05, 4.69) is 16.0 Å². The standard InChI is InChI=1S/C35H52N6O6/c1-18(2)25(27(42)20-12-10-11-13-23(20)40(8)9)38-33(47)39-29(34(3,4)5)32(46)41-17-21-24(35(21,6)7)26(41)31(45)37-22(16-19-14-15-19)28(43)30(36)44/h10-13,18-19,21-22,24-26,29H,14-17H2,1-9H3,(H2,36,44)(H,37,45)(H2,38,39,47)/t21-,22?,24-,25-,26-,29+/m0/s1. The zero-order valence-corrected chi connectivity index (χ0v) is 29.2. The first-order valence-electron chi connectivity index (χ1n) is 16.6. The van der Waals surface area contributed by atoms with E-state index in [0.29, 0.717) is 18.5 Å². The van der Waals surface area contributed by atoms with Crippen molar-refractivity contribution in [1.29, 1.82) is 0 Å². The summed E-state index contributed by atoms with van der Waals surface area (Å²) in [5, 5.41) is 8.41. The maximum absolute atomic E-state index is 14.3. The van der Waals surface area contributed by atoms with Crippen molar-refractivity contribution < 1.29 is 28.8 Å². The molecule has 2 aliphatic carbocycles. The van der Waals surface area contributed by atoms with Crippen LogP contribution in [0.15, 0.2) is 24.3 Å². The van der Waals surface area contributed by atoms with Gasteiger partial charge in [0, 0.05) is 31.9 Å². The molecule has 47 heavy (non-hydrogen) atoms. The van der Waals surface area contributed by atoms with E-state index in [1.54, 1.807) is 12.1 Å². The number of hydrogen-bond donors (Lipinski definition) is 4. The van der Waals surface area contributed by atoms with Crippen molar-refractivity contribution in [3.8, 4) is 0 Å². The molecule has 3 fully saturated rings. The molecule has 12 heteroatoms. The first-order valence-corrected chi connectivity index (χ1v) is 16.6. The largest absolute Gasteiger partial charge is 0.377 e. The fourth-order valence-corrected chi connectivity index (χ4v) is 7.06. The Kier molecular flexibility index (Phi) is 10.1. The highest BCUT2D eigenvalue weighted by molar-refractivity contribution is 6.37. The van der Waals surface area contributed by atoms with E-state index >= 15 is 0 Å². The third kappa shape index (κ3) is 7.62. The fourth-order valence-electron chi connectivity index (χ4n) is 7.06. The third-order valence-electron chi connectivity index (χ3n) is 10.2. The molecule has 1 saturated heterocycles. The lowest BCUT2D eigenvalue weighted by atomic mass is 9.85. The molecule has 1 aromatic carbocycles. The Labute approximate surface area is 277 Å². The van der Waals surface area contributed by atoms with Gasteiger partial charge in [-0.05, 0) is 53.1 Å². The molecule has 258 valence electrons. The van der Waals surface area contributed by atoms with Crippen LogP contribution in [-0.2, 0) is 19.2 Å². The summed E-state index contributed by atoms with van der Waals surface area (Å²) < 4.78 is 0. The smallest absolute Gasteiger partial charge is 0.316 e. The quantitative estimate of drug-likeness (QED) is 0.187. The van der Waals surface area contributed by atoms with Crippen LogP contribution in [0.2, 0.25) is 0 Å². The van der Waals surface area contributed by atoms with Crippen molar-refractivity contribution in [1.82, 2.24) is 20.9 Å². The Balaban J connectivity index is 1.54. The van der Waals surface area contributed by atoms with Gasteiger partial charge in [0.05, 0.1) is 12.1 Å². The molecule has 0 spiro atoms. The number of likely N-dealkylation sites (tertiary alicyclic amines) is 1. The molecule has 5 N–H and O–H groups in total. The zero-order valence-electron chi connectivity index (χ0n) is 29.2. The summed E-state index contributed by atoms with van der Waals surface area (Å²) >= 11 is 0. The predicted molar refractivity (Wildman–Crippen MR) is 178 cm³/mol. The Bertz CT molecular complexity index is 1430. The Hall–Kier alpha value is -3.96. The van der Waals surface area contributed by atoms with Gasteiger partial charge in [-0.3, -0.25) is 24.0 Å². The first kappa shape index (κ1) is 35.9. The van der Waals surface area contributed by atoms with Crippen molar-refractivity contribution in [2.24, 2.45) is 40.2 Å². The lowest BCUT2D eigenvalue weighted by Gasteiger charge is -2.38. The number of amides is 5. The van der Waals surface area contributed by atoms with E-state index in [0.717, 1.165) is 18.5 Å². The summed E-state index contributed by atoms with van der Waals surface area (Å²) in [6.07, 6.45) is 2.15. The zero-order chi connectivity index (χ0) is 35.2. The molecular weight excluding hydrogens is 600 g/mol. The number of nitrogens with zero attached hydrogens (tertiary/aromatic N) is 2. The molecule has 5 amide bonds. The number of benzene rings is 1. The van der Waals surface area contributed by atoms with Gasteiger partial charge in [-0.25, -0.2) is 4.79 Å². The van der Waals surface area contributed by atoms with Crippen LogP contribution < -0.4 is 26.6 Å². The van der Waals surface area contributed by atoms with Gasteiger partial charge >= 0.3 is 6.03 Å². The number of piperidine rings is 1. The Morgan fingerprint density at radius 3 is 2.15 bits per heavy atom. The molecule has 0 aromatic heterocycles. The molecule has 2 saturated carbocycles. The molecule has 1 unspecified atom stereocenters. The number of hydrogen-bond acceptors (Lipinski definition) is 7. The topological polar surface area (TPSA) is 171 Å². The van der Waals surface area contributed by atoms with Crippen molar-refractivity contribution in [2.45, 2.75) is 91.9 Å². The van der Waals surface area contributed by atoms with Crippen molar-refractivity contribution >= 4 is 41.0 Å². The number of ketones is 2. The maximum atomic E-state index is 14.3. The van der Waals surface area contributed by atoms with Crippen molar-refractivity contribution in [3.05, 3.63) is 29.8 Å². The van der Waals surface area contributed by atoms with Gasteiger partial charge in [0.2, 0.25) is 17.6 Å². The van der Waals surface area contributed by atoms with Crippen LogP contribution in [0.1, 0.15) is 78.1 Å². The Morgan fingerprint density at radius 1 is 1.00 bits per heavy atom. The minimum atomic E-state index is -1.11. The second-order valence-electron chi connectivity index (χ2n) is 15.8. The number of primary amides is 1. The highest BCUT2D eigenvalue weighted by Crippen LogP contribution is 2.65. The van der Waals surface area contributed by atoms with Gasteiger partial charge in [0.1, 0.15) is 12.1 Å². The lowest BCUT2D eigenvalue weighted by molar-refractivity contribution is -0.145. The van der Waals surface area contributed by atoms with E-state index in [1.165, 1.54) is 4.90 Å². The maximum Gasteiger partial charge on any atom is 0.316 e. The summed E-state index contributed by atoms with van der Waals surface area (Å²) in [7, 11) is 3.69. The monoisotopic (exact) mass is 652 g/mol. The van der Waals surface area contributed by atoms with E-state index in [-0.39, 0.29) is 34.9 Å². The van der Waals surface area contributed by atoms with Crippen LogP contribution in [0.4, 0.5) is 10.5 Å². The number of nitrogens with one attached hydrogen (secondary N) is 3. The second-order valence-corrected chi connectivity index (χ2v) is 15.8. The average Bonchev–Trinajstić information content (AvgIpc) is 3.83. The summed E-state index contributed by atoms with van der Waals surface area (Å²) in [4.78, 5) is 83.2. The molecule has 12 nitrogen and oxygen atoms in total. The molecule has 3 aliphatic rings. The number of anilines is 1. The normalized spacial score (nSPS) is 23.2. The van der Waals surface area contributed by atoms with Gasteiger partial charge in [0.25, 0.3) is 5.91 Å². The van der Waals surface area contributed by atoms with Crippen molar-refractivity contribution in [2.75, 3.05) is 25.5 Å². The molecular formula is C35H52N6O6. The number of nitrogens with two attached hydrogens (primary N) is 1. The molecule has 6 atom stereocenters. The Morgan fingerprint density at radius 2 is 1.62 bits per heavy atom. The van der Waals surface area contributed by atoms with Crippen LogP contribution >= 0.6 is 0 Å². The third-order valence-corrected chi connectivity index (χ3v) is 10.2. The number of carbonyl (C=O) groups excluding carboxylic acids is 6. The van der Waals surface area contributed by atoms with E-state index in [9.17, 15) is 28.8 Å². The summed E-state index contributed by atoms with van der Waals surface area (Å²) in [5.41, 5.74) is 5.54. The number of fused-ring (bicyclic) bond motifs is 1. The molecule has 1 aromatic rings. The second kappa shape index (κ2) is 13.3. The highest BCUT2D eigenvalue weighted by Gasteiger charge is 2.70. The molecule has 1 aliphatic heterocycles. The summed E-state index contributed by atoms with van der Waals surface area (Å²) in [5.74, 6) is -3.23. The fraction of sp³-hybridized carbons (Fsp3) is 0.657. The highest BCUT2D eigenvalue weighted by atomic mass is 16.2. The molecule has 4 rings (SSSR count). The molecule has 1 heterocycles. The number of para-hydroxylation sites is 1. The molecule has 0 radical (unpaired) electrons. The predicted octanol–water partition coefficient (Wildman–Crippen LogP) is 2.50. The van der Waals surface area contributed by atoms with Gasteiger partial charge in [-0.1, -0.05) is 73.4 Å². The number of urea groups is 1. The average molecular weight is 653 g/mol. The SMILES string of the molecule is CC(C)[C@H](NC(=O)N[C@H](C(=O)N1C[C@H]2[C@@H]([C@H]1C(=O)NC(CC1CC1)C(=O)C(N)=O)C2(C)C)C(C)(C)C)C(=O)c1ccccc1N(C)C. The van der Waals surface area contributed by atoms with Crippen LogP contribution in [0, 0.1) is 34.5 Å². The van der Waals surface area contributed by atoms with Gasteiger partial charge < -0.3 is 31.5 Å². The lowest BCUT2D eigenvalue weighted by Crippen LogP contribution is -2.62. The van der Waals surface area contributed by atoms with Crippen LogP contribution in [0.25, 0.3) is 0 Å². The van der Waals surface area contributed by atoms with Crippen LogP contribution in [-0.4, -0.2) is 85.0 Å². The first-order chi connectivity index (χ1) is 21.8.